The van der Waals surface area contributed by atoms with Gasteiger partial charge in [-0.3, -0.25) is 4.79 Å². The maximum atomic E-state index is 12.9. The van der Waals surface area contributed by atoms with Gasteiger partial charge in [0.1, 0.15) is 0 Å². The lowest BCUT2D eigenvalue weighted by Gasteiger charge is -2.38. The van der Waals surface area contributed by atoms with Gasteiger partial charge in [-0.05, 0) is 51.3 Å². The van der Waals surface area contributed by atoms with Crippen LogP contribution in [-0.4, -0.2) is 35.5 Å². The van der Waals surface area contributed by atoms with Crippen molar-refractivity contribution in [2.45, 2.75) is 57.5 Å². The molecular weight excluding hydrogens is 392 g/mol. The summed E-state index contributed by atoms with van der Waals surface area (Å²) in [6.07, 6.45) is -7.72. The Morgan fingerprint density at radius 1 is 0.964 bits per heavy atom. The van der Waals surface area contributed by atoms with Crippen LogP contribution in [0.3, 0.4) is 0 Å². The van der Waals surface area contributed by atoms with E-state index in [1.807, 2.05) is 13.8 Å². The van der Waals surface area contributed by atoms with Crippen LogP contribution in [0.1, 0.15) is 54.6 Å². The maximum Gasteiger partial charge on any atom is 0.416 e. The number of benzene rings is 1. The van der Waals surface area contributed by atoms with E-state index in [4.69, 9.17) is 4.74 Å². The molecule has 0 bridgehead atoms. The fraction of sp³-hybridized carbons (Fsp3) is 0.556. The van der Waals surface area contributed by atoms with Crippen LogP contribution < -0.4 is 0 Å². The van der Waals surface area contributed by atoms with Gasteiger partial charge in [-0.25, -0.2) is 4.79 Å². The molecule has 1 aromatic carbocycles. The molecule has 0 unspecified atom stereocenters. The van der Waals surface area contributed by atoms with Crippen molar-refractivity contribution < 1.29 is 40.7 Å². The Kier molecular flexibility index (Phi) is 6.30. The third kappa shape index (κ3) is 5.17. The largest absolute Gasteiger partial charge is 0.452 e. The molecule has 0 N–H and O–H groups in total. The second-order valence-corrected chi connectivity index (χ2v) is 6.80. The number of carbonyl (C=O) groups excluding carboxylic acids is 2. The normalized spacial score (nSPS) is 20.8. The SMILES string of the molecule is C[C@@H]1CCC[C@@H](C)N1C(=O)COC(=O)c1cc(C(F)(F)F)cc(C(F)(F)F)c1. The Morgan fingerprint density at radius 2 is 1.43 bits per heavy atom. The zero-order chi connectivity index (χ0) is 21.3. The van der Waals surface area contributed by atoms with Gasteiger partial charge in [0.2, 0.25) is 0 Å². The van der Waals surface area contributed by atoms with Crippen molar-refractivity contribution in [3.63, 3.8) is 0 Å². The Bertz CT molecular complexity index is 702. The quantitative estimate of drug-likeness (QED) is 0.537. The minimum Gasteiger partial charge on any atom is -0.452 e. The van der Waals surface area contributed by atoms with Crippen LogP contribution in [0.25, 0.3) is 0 Å². The number of ether oxygens (including phenoxy) is 1. The molecule has 1 heterocycles. The van der Waals surface area contributed by atoms with Gasteiger partial charge in [0.15, 0.2) is 6.61 Å². The van der Waals surface area contributed by atoms with Crippen LogP contribution >= 0.6 is 0 Å². The van der Waals surface area contributed by atoms with E-state index in [9.17, 15) is 35.9 Å². The maximum absolute atomic E-state index is 12.9. The second-order valence-electron chi connectivity index (χ2n) is 6.80. The number of amides is 1. The number of hydrogen-bond acceptors (Lipinski definition) is 3. The summed E-state index contributed by atoms with van der Waals surface area (Å²) in [5.41, 5.74) is -4.17. The van der Waals surface area contributed by atoms with Crippen molar-refractivity contribution in [1.82, 2.24) is 4.90 Å². The summed E-state index contributed by atoms with van der Waals surface area (Å²) >= 11 is 0. The molecule has 2 rings (SSSR count). The summed E-state index contributed by atoms with van der Waals surface area (Å²) in [4.78, 5) is 25.8. The predicted molar refractivity (Wildman–Crippen MR) is 86.3 cm³/mol. The summed E-state index contributed by atoms with van der Waals surface area (Å²) in [7, 11) is 0. The molecule has 1 fully saturated rings. The highest BCUT2D eigenvalue weighted by atomic mass is 19.4. The van der Waals surface area contributed by atoms with Gasteiger partial charge in [-0.15, -0.1) is 0 Å². The molecule has 1 aliphatic heterocycles. The molecule has 10 heteroatoms. The molecule has 4 nitrogen and oxygen atoms in total. The molecular formula is C18H19F6NO3. The van der Waals surface area contributed by atoms with Gasteiger partial charge < -0.3 is 9.64 Å². The van der Waals surface area contributed by atoms with Crippen LogP contribution in [0.15, 0.2) is 18.2 Å². The summed E-state index contributed by atoms with van der Waals surface area (Å²) < 4.78 is 81.9. The van der Waals surface area contributed by atoms with Crippen LogP contribution in [0.2, 0.25) is 0 Å². The highest BCUT2D eigenvalue weighted by Gasteiger charge is 2.38. The van der Waals surface area contributed by atoms with E-state index >= 15 is 0 Å². The highest BCUT2D eigenvalue weighted by Crippen LogP contribution is 2.36. The van der Waals surface area contributed by atoms with E-state index < -0.39 is 47.5 Å². The average Bonchev–Trinajstić information content (AvgIpc) is 2.57. The fourth-order valence-corrected chi connectivity index (χ4v) is 3.27. The highest BCUT2D eigenvalue weighted by molar-refractivity contribution is 5.92. The van der Waals surface area contributed by atoms with Crippen LogP contribution in [0.4, 0.5) is 26.3 Å². The number of halogens is 6. The molecule has 1 aliphatic rings. The second kappa shape index (κ2) is 8.00. The van der Waals surface area contributed by atoms with Crippen LogP contribution in [0, 0.1) is 0 Å². The van der Waals surface area contributed by atoms with Crippen molar-refractivity contribution in [3.05, 3.63) is 34.9 Å². The first-order valence-electron chi connectivity index (χ1n) is 8.58. The summed E-state index contributed by atoms with van der Waals surface area (Å²) in [5, 5.41) is 0. The Balaban J connectivity index is 2.18. The van der Waals surface area contributed by atoms with Gasteiger partial charge in [-0.1, -0.05) is 0 Å². The molecule has 1 amide bonds. The first-order valence-corrected chi connectivity index (χ1v) is 8.58. The molecule has 1 saturated heterocycles. The Morgan fingerprint density at radius 3 is 1.86 bits per heavy atom. The van der Waals surface area contributed by atoms with Crippen molar-refractivity contribution in [3.8, 4) is 0 Å². The van der Waals surface area contributed by atoms with Gasteiger partial charge in [0, 0.05) is 12.1 Å². The van der Waals surface area contributed by atoms with Crippen LogP contribution in [-0.2, 0) is 21.9 Å². The number of rotatable bonds is 3. The Hall–Kier alpha value is -2.26. The number of likely N-dealkylation sites (tertiary alicyclic amines) is 1. The zero-order valence-electron chi connectivity index (χ0n) is 15.2. The molecule has 2 atom stereocenters. The smallest absolute Gasteiger partial charge is 0.416 e. The number of piperidine rings is 1. The van der Waals surface area contributed by atoms with Crippen LogP contribution in [0.5, 0.6) is 0 Å². The number of alkyl halides is 6. The van der Waals surface area contributed by atoms with E-state index in [1.165, 1.54) is 4.90 Å². The monoisotopic (exact) mass is 411 g/mol. The fourth-order valence-electron chi connectivity index (χ4n) is 3.27. The van der Waals surface area contributed by atoms with Gasteiger partial charge in [0.05, 0.1) is 16.7 Å². The van der Waals surface area contributed by atoms with Crippen molar-refractivity contribution in [1.29, 1.82) is 0 Å². The van der Waals surface area contributed by atoms with E-state index in [-0.39, 0.29) is 30.3 Å². The lowest BCUT2D eigenvalue weighted by Crippen LogP contribution is -2.49. The molecule has 156 valence electrons. The lowest BCUT2D eigenvalue weighted by atomic mass is 9.97. The lowest BCUT2D eigenvalue weighted by molar-refractivity contribution is -0.143. The number of esters is 1. The minimum atomic E-state index is -5.08. The number of carbonyl (C=O) groups is 2. The summed E-state index contributed by atoms with van der Waals surface area (Å²) in [6, 6.07) is 0.266. The summed E-state index contributed by atoms with van der Waals surface area (Å²) in [5.74, 6) is -1.97. The summed E-state index contributed by atoms with van der Waals surface area (Å²) in [6.45, 7) is 2.88. The predicted octanol–water partition coefficient (Wildman–Crippen LogP) is 4.67. The van der Waals surface area contributed by atoms with E-state index in [2.05, 4.69) is 0 Å². The number of hydrogen-bond donors (Lipinski definition) is 0. The Labute approximate surface area is 157 Å². The minimum absolute atomic E-state index is 0.0843. The van der Waals surface area contributed by atoms with Gasteiger partial charge in [0.25, 0.3) is 5.91 Å². The average molecular weight is 411 g/mol. The topological polar surface area (TPSA) is 46.6 Å². The van der Waals surface area contributed by atoms with Gasteiger partial charge in [-0.2, -0.15) is 26.3 Å². The molecule has 0 aliphatic carbocycles. The molecule has 0 radical (unpaired) electrons. The van der Waals surface area contributed by atoms with E-state index in [0.29, 0.717) is 0 Å². The first-order chi connectivity index (χ1) is 12.8. The van der Waals surface area contributed by atoms with Crippen molar-refractivity contribution in [2.24, 2.45) is 0 Å². The first kappa shape index (κ1) is 22.0. The molecule has 0 aromatic heterocycles. The van der Waals surface area contributed by atoms with Crippen molar-refractivity contribution in [2.75, 3.05) is 6.61 Å². The van der Waals surface area contributed by atoms with E-state index in [0.717, 1.165) is 19.3 Å². The molecule has 28 heavy (non-hydrogen) atoms. The third-order valence-corrected chi connectivity index (χ3v) is 4.63. The number of nitrogens with zero attached hydrogens (tertiary/aromatic N) is 1. The third-order valence-electron chi connectivity index (χ3n) is 4.63. The van der Waals surface area contributed by atoms with Crippen molar-refractivity contribution >= 4 is 11.9 Å². The molecule has 1 aromatic rings. The molecule has 0 spiro atoms. The molecule has 0 saturated carbocycles. The van der Waals surface area contributed by atoms with E-state index in [1.54, 1.807) is 0 Å². The zero-order valence-corrected chi connectivity index (χ0v) is 15.2. The van der Waals surface area contributed by atoms with Gasteiger partial charge >= 0.3 is 18.3 Å². The standard InChI is InChI=1S/C18H19F6NO3/c1-10-4-3-5-11(2)25(10)15(26)9-28-16(27)12-6-13(17(19,20)21)8-14(7-12)18(22,23)24/h6-8,10-11H,3-5,9H2,1-2H3/t10-,11-/m1/s1.